The number of rotatable bonds is 3. The molecule has 0 saturated carbocycles. The second kappa shape index (κ2) is 5.52. The van der Waals surface area contributed by atoms with Crippen LogP contribution in [0.25, 0.3) is 10.9 Å². The van der Waals surface area contributed by atoms with Gasteiger partial charge in [0.2, 0.25) is 0 Å². The SMILES string of the molecule is Cc1ccc(NCc2cc(C)nc3ccccc23)c(C)n1. The highest BCUT2D eigenvalue weighted by Gasteiger charge is 2.05. The monoisotopic (exact) mass is 277 g/mol. The molecule has 2 aromatic heterocycles. The molecule has 0 spiro atoms. The van der Waals surface area contributed by atoms with Crippen LogP contribution in [-0.4, -0.2) is 9.97 Å². The smallest absolute Gasteiger partial charge is 0.0708 e. The summed E-state index contributed by atoms with van der Waals surface area (Å²) in [6.07, 6.45) is 0. The fourth-order valence-corrected chi connectivity index (χ4v) is 2.60. The normalized spacial score (nSPS) is 10.8. The number of nitrogens with zero attached hydrogens (tertiary/aromatic N) is 2. The molecule has 0 unspecified atom stereocenters. The molecule has 0 radical (unpaired) electrons. The molecule has 2 heterocycles. The lowest BCUT2D eigenvalue weighted by Gasteiger charge is -2.12. The molecular weight excluding hydrogens is 258 g/mol. The maximum atomic E-state index is 4.58. The zero-order chi connectivity index (χ0) is 14.8. The first-order valence-electron chi connectivity index (χ1n) is 7.17. The van der Waals surface area contributed by atoms with Crippen LogP contribution in [0.2, 0.25) is 0 Å². The molecule has 0 fully saturated rings. The molecule has 0 saturated heterocycles. The first-order chi connectivity index (χ1) is 10.1. The molecule has 3 heteroatoms. The van der Waals surface area contributed by atoms with Gasteiger partial charge in [0.15, 0.2) is 0 Å². The van der Waals surface area contributed by atoms with Crippen LogP contribution < -0.4 is 5.32 Å². The maximum absolute atomic E-state index is 4.58. The number of hydrogen-bond donors (Lipinski definition) is 1. The number of nitrogens with one attached hydrogen (secondary N) is 1. The van der Waals surface area contributed by atoms with E-state index < -0.39 is 0 Å². The summed E-state index contributed by atoms with van der Waals surface area (Å²) in [7, 11) is 0. The molecule has 1 aromatic carbocycles. The van der Waals surface area contributed by atoms with Gasteiger partial charge in [0.25, 0.3) is 0 Å². The van der Waals surface area contributed by atoms with E-state index in [4.69, 9.17) is 0 Å². The Morgan fingerprint density at radius 2 is 1.71 bits per heavy atom. The number of benzene rings is 1. The average molecular weight is 277 g/mol. The standard InChI is InChI=1S/C18H19N3/c1-12-8-9-17(14(3)20-12)19-11-15-10-13(2)21-18-7-5-4-6-16(15)18/h4-10,19H,11H2,1-3H3. The van der Waals surface area contributed by atoms with Crippen molar-refractivity contribution in [3.05, 3.63) is 65.1 Å². The van der Waals surface area contributed by atoms with Gasteiger partial charge in [-0.3, -0.25) is 9.97 Å². The molecule has 3 nitrogen and oxygen atoms in total. The fourth-order valence-electron chi connectivity index (χ4n) is 2.60. The number of aryl methyl sites for hydroxylation is 3. The summed E-state index contributed by atoms with van der Waals surface area (Å²) >= 11 is 0. The van der Waals surface area contributed by atoms with Gasteiger partial charge < -0.3 is 5.32 Å². The van der Waals surface area contributed by atoms with Crippen molar-refractivity contribution in [2.45, 2.75) is 27.3 Å². The number of fused-ring (bicyclic) bond motifs is 1. The van der Waals surface area contributed by atoms with Crippen LogP contribution >= 0.6 is 0 Å². The van der Waals surface area contributed by atoms with E-state index in [1.54, 1.807) is 0 Å². The minimum absolute atomic E-state index is 0.773. The van der Waals surface area contributed by atoms with Gasteiger partial charge in [0, 0.05) is 23.3 Å². The lowest BCUT2D eigenvalue weighted by atomic mass is 10.1. The molecular formula is C18H19N3. The van der Waals surface area contributed by atoms with Crippen molar-refractivity contribution in [2.24, 2.45) is 0 Å². The predicted molar refractivity (Wildman–Crippen MR) is 87.5 cm³/mol. The number of pyridine rings is 2. The summed E-state index contributed by atoms with van der Waals surface area (Å²) in [5.74, 6) is 0. The third kappa shape index (κ3) is 2.87. The Morgan fingerprint density at radius 1 is 0.905 bits per heavy atom. The Balaban J connectivity index is 1.91. The van der Waals surface area contributed by atoms with E-state index in [-0.39, 0.29) is 0 Å². The van der Waals surface area contributed by atoms with Crippen LogP contribution in [0.3, 0.4) is 0 Å². The molecule has 3 aromatic rings. The predicted octanol–water partition coefficient (Wildman–Crippen LogP) is 4.17. The van der Waals surface area contributed by atoms with E-state index in [2.05, 4.69) is 45.6 Å². The summed E-state index contributed by atoms with van der Waals surface area (Å²) in [6.45, 7) is 6.85. The molecule has 0 atom stereocenters. The number of aromatic nitrogens is 2. The first-order valence-corrected chi connectivity index (χ1v) is 7.17. The Bertz CT molecular complexity index is 794. The van der Waals surface area contributed by atoms with Crippen LogP contribution in [-0.2, 0) is 6.54 Å². The number of hydrogen-bond acceptors (Lipinski definition) is 3. The maximum Gasteiger partial charge on any atom is 0.0708 e. The molecule has 21 heavy (non-hydrogen) atoms. The number of para-hydroxylation sites is 1. The molecule has 0 aliphatic heterocycles. The second-order valence-corrected chi connectivity index (χ2v) is 5.38. The van der Waals surface area contributed by atoms with Gasteiger partial charge in [-0.25, -0.2) is 0 Å². The average Bonchev–Trinajstić information content (AvgIpc) is 2.46. The third-order valence-corrected chi connectivity index (χ3v) is 3.62. The molecule has 0 bridgehead atoms. The third-order valence-electron chi connectivity index (χ3n) is 3.62. The molecule has 0 amide bonds. The zero-order valence-electron chi connectivity index (χ0n) is 12.6. The van der Waals surface area contributed by atoms with Crippen molar-refractivity contribution in [3.8, 4) is 0 Å². The highest BCUT2D eigenvalue weighted by Crippen LogP contribution is 2.20. The van der Waals surface area contributed by atoms with E-state index in [1.165, 1.54) is 10.9 Å². The topological polar surface area (TPSA) is 37.8 Å². The van der Waals surface area contributed by atoms with Crippen LogP contribution in [0.15, 0.2) is 42.5 Å². The van der Waals surface area contributed by atoms with Gasteiger partial charge in [0.05, 0.1) is 16.9 Å². The minimum atomic E-state index is 0.773. The van der Waals surface area contributed by atoms with Crippen molar-refractivity contribution in [3.63, 3.8) is 0 Å². The van der Waals surface area contributed by atoms with Crippen LogP contribution in [0.4, 0.5) is 5.69 Å². The summed E-state index contributed by atoms with van der Waals surface area (Å²) in [6, 6.07) is 14.5. The van der Waals surface area contributed by atoms with E-state index >= 15 is 0 Å². The van der Waals surface area contributed by atoms with Crippen molar-refractivity contribution >= 4 is 16.6 Å². The summed E-state index contributed by atoms with van der Waals surface area (Å²) in [5, 5.41) is 4.69. The van der Waals surface area contributed by atoms with Crippen LogP contribution in [0, 0.1) is 20.8 Å². The van der Waals surface area contributed by atoms with Gasteiger partial charge >= 0.3 is 0 Å². The summed E-state index contributed by atoms with van der Waals surface area (Å²) in [5.41, 5.74) is 6.52. The van der Waals surface area contributed by atoms with Gasteiger partial charge in [-0.1, -0.05) is 18.2 Å². The summed E-state index contributed by atoms with van der Waals surface area (Å²) in [4.78, 5) is 9.07. The Kier molecular flexibility index (Phi) is 3.57. The van der Waals surface area contributed by atoms with Crippen molar-refractivity contribution in [1.82, 2.24) is 9.97 Å². The quantitative estimate of drug-likeness (QED) is 0.781. The van der Waals surface area contributed by atoms with Gasteiger partial charge in [-0.2, -0.15) is 0 Å². The fraction of sp³-hybridized carbons (Fsp3) is 0.222. The van der Waals surface area contributed by atoms with Gasteiger partial charge in [-0.15, -0.1) is 0 Å². The van der Waals surface area contributed by atoms with Gasteiger partial charge in [0.1, 0.15) is 0 Å². The molecule has 1 N–H and O–H groups in total. The van der Waals surface area contributed by atoms with Gasteiger partial charge in [-0.05, 0) is 50.6 Å². The van der Waals surface area contributed by atoms with Crippen molar-refractivity contribution < 1.29 is 0 Å². The highest BCUT2D eigenvalue weighted by molar-refractivity contribution is 5.82. The largest absolute Gasteiger partial charge is 0.379 e. The van der Waals surface area contributed by atoms with Crippen molar-refractivity contribution in [1.29, 1.82) is 0 Å². The molecule has 106 valence electrons. The molecule has 0 aliphatic rings. The zero-order valence-corrected chi connectivity index (χ0v) is 12.6. The second-order valence-electron chi connectivity index (χ2n) is 5.38. The van der Waals surface area contributed by atoms with E-state index in [1.807, 2.05) is 32.9 Å². The Hall–Kier alpha value is -2.42. The van der Waals surface area contributed by atoms with Crippen LogP contribution in [0.5, 0.6) is 0 Å². The van der Waals surface area contributed by atoms with Crippen molar-refractivity contribution in [2.75, 3.05) is 5.32 Å². The first kappa shape index (κ1) is 13.6. The highest BCUT2D eigenvalue weighted by atomic mass is 14.9. The van der Waals surface area contributed by atoms with E-state index in [0.717, 1.165) is 34.8 Å². The Morgan fingerprint density at radius 3 is 2.52 bits per heavy atom. The minimum Gasteiger partial charge on any atom is -0.379 e. The molecule has 3 rings (SSSR count). The lowest BCUT2D eigenvalue weighted by molar-refractivity contribution is 1.08. The molecule has 0 aliphatic carbocycles. The number of anilines is 1. The lowest BCUT2D eigenvalue weighted by Crippen LogP contribution is -2.04. The van der Waals surface area contributed by atoms with Crippen LogP contribution in [0.1, 0.15) is 22.6 Å². The summed E-state index contributed by atoms with van der Waals surface area (Å²) < 4.78 is 0. The van der Waals surface area contributed by atoms with E-state index in [9.17, 15) is 0 Å². The Labute approximate surface area is 125 Å². The van der Waals surface area contributed by atoms with E-state index in [0.29, 0.717) is 0 Å².